The van der Waals surface area contributed by atoms with Crippen molar-refractivity contribution < 1.29 is 9.90 Å². The van der Waals surface area contributed by atoms with E-state index in [0.717, 1.165) is 31.2 Å². The molecule has 0 amide bonds. The summed E-state index contributed by atoms with van der Waals surface area (Å²) in [6, 6.07) is 8.18. The first-order valence-corrected chi connectivity index (χ1v) is 7.14. The molecular formula is C14H15NO2S. The van der Waals surface area contributed by atoms with Gasteiger partial charge in [0.05, 0.1) is 21.1 Å². The van der Waals surface area contributed by atoms with Crippen molar-refractivity contribution in [3.05, 3.63) is 29.3 Å². The maximum absolute atomic E-state index is 10.9. The molecule has 2 aromatic rings. The molecule has 0 saturated heterocycles. The number of hydrogen-bond donors (Lipinski definition) is 1. The van der Waals surface area contributed by atoms with Gasteiger partial charge in [-0.05, 0) is 37.8 Å². The van der Waals surface area contributed by atoms with Crippen LogP contribution in [-0.4, -0.2) is 16.1 Å². The Balaban J connectivity index is 1.78. The highest BCUT2D eigenvalue weighted by Crippen LogP contribution is 2.38. The van der Waals surface area contributed by atoms with Crippen LogP contribution in [0.5, 0.6) is 0 Å². The quantitative estimate of drug-likeness (QED) is 0.897. The summed E-state index contributed by atoms with van der Waals surface area (Å²) >= 11 is 1.75. The van der Waals surface area contributed by atoms with Crippen LogP contribution in [-0.2, 0) is 4.79 Å². The van der Waals surface area contributed by atoms with Crippen LogP contribution in [0.2, 0.25) is 0 Å². The standard InChI is InChI=1S/C14H15NO2S/c16-14(17)10-7-5-9(6-8-10)13-15-11-3-1-2-4-12(11)18-13/h1-4,9-10H,5-8H2,(H,16,17). The van der Waals surface area contributed by atoms with Crippen LogP contribution in [0.1, 0.15) is 36.6 Å². The molecule has 3 rings (SSSR count). The summed E-state index contributed by atoms with van der Waals surface area (Å²) in [7, 11) is 0. The zero-order chi connectivity index (χ0) is 12.5. The molecule has 1 aromatic carbocycles. The number of rotatable bonds is 2. The van der Waals surface area contributed by atoms with Crippen LogP contribution >= 0.6 is 11.3 Å². The molecule has 1 N–H and O–H groups in total. The summed E-state index contributed by atoms with van der Waals surface area (Å²) in [6.45, 7) is 0. The second-order valence-electron chi connectivity index (χ2n) is 4.91. The van der Waals surface area contributed by atoms with Crippen LogP contribution in [0.3, 0.4) is 0 Å². The summed E-state index contributed by atoms with van der Waals surface area (Å²) in [6.07, 6.45) is 3.49. The van der Waals surface area contributed by atoms with Gasteiger partial charge in [0.1, 0.15) is 0 Å². The van der Waals surface area contributed by atoms with Crippen molar-refractivity contribution in [1.29, 1.82) is 0 Å². The molecule has 3 nitrogen and oxygen atoms in total. The molecule has 1 aromatic heterocycles. The Labute approximate surface area is 109 Å². The second-order valence-corrected chi connectivity index (χ2v) is 5.97. The highest BCUT2D eigenvalue weighted by molar-refractivity contribution is 7.18. The summed E-state index contributed by atoms with van der Waals surface area (Å²) in [5.74, 6) is -0.327. The third kappa shape index (κ3) is 2.12. The van der Waals surface area contributed by atoms with Gasteiger partial charge in [-0.25, -0.2) is 4.98 Å². The summed E-state index contributed by atoms with van der Waals surface area (Å²) < 4.78 is 1.23. The number of aromatic nitrogens is 1. The van der Waals surface area contributed by atoms with E-state index in [4.69, 9.17) is 5.11 Å². The molecule has 0 atom stereocenters. The van der Waals surface area contributed by atoms with Crippen LogP contribution in [0.15, 0.2) is 24.3 Å². The molecule has 4 heteroatoms. The van der Waals surface area contributed by atoms with Gasteiger partial charge in [0.15, 0.2) is 0 Å². The van der Waals surface area contributed by atoms with Gasteiger partial charge in [0, 0.05) is 5.92 Å². The van der Waals surface area contributed by atoms with Crippen LogP contribution in [0, 0.1) is 5.92 Å². The van der Waals surface area contributed by atoms with Crippen LogP contribution in [0.25, 0.3) is 10.2 Å². The van der Waals surface area contributed by atoms with Crippen molar-refractivity contribution in [1.82, 2.24) is 4.98 Å². The molecule has 1 heterocycles. The number of carboxylic acid groups (broad SMARTS) is 1. The number of nitrogens with zero attached hydrogens (tertiary/aromatic N) is 1. The fourth-order valence-corrected chi connectivity index (χ4v) is 3.79. The Bertz CT molecular complexity index is 537. The smallest absolute Gasteiger partial charge is 0.306 e. The molecule has 0 bridgehead atoms. The predicted octanol–water partition coefficient (Wildman–Crippen LogP) is 3.65. The SMILES string of the molecule is O=C(O)C1CCC(c2nc3ccccc3s2)CC1. The molecule has 0 unspecified atom stereocenters. The summed E-state index contributed by atoms with van der Waals surface area (Å²) in [5.41, 5.74) is 1.07. The normalized spacial score (nSPS) is 24.2. The third-order valence-corrected chi connectivity index (χ3v) is 4.93. The Morgan fingerprint density at radius 3 is 2.61 bits per heavy atom. The minimum atomic E-state index is -0.641. The second kappa shape index (κ2) is 4.69. The Morgan fingerprint density at radius 2 is 1.94 bits per heavy atom. The average molecular weight is 261 g/mol. The van der Waals surface area contributed by atoms with Crippen molar-refractivity contribution in [2.75, 3.05) is 0 Å². The zero-order valence-corrected chi connectivity index (χ0v) is 10.8. The number of fused-ring (bicyclic) bond motifs is 1. The number of aliphatic carboxylic acids is 1. The molecule has 94 valence electrons. The molecular weight excluding hydrogens is 246 g/mol. The van der Waals surface area contributed by atoms with Gasteiger partial charge in [0.2, 0.25) is 0 Å². The van der Waals surface area contributed by atoms with Crippen molar-refractivity contribution >= 4 is 27.5 Å². The highest BCUT2D eigenvalue weighted by Gasteiger charge is 2.28. The monoisotopic (exact) mass is 261 g/mol. The number of para-hydroxylation sites is 1. The molecule has 1 saturated carbocycles. The van der Waals surface area contributed by atoms with E-state index >= 15 is 0 Å². The first kappa shape index (κ1) is 11.7. The van der Waals surface area contributed by atoms with Gasteiger partial charge in [-0.1, -0.05) is 12.1 Å². The lowest BCUT2D eigenvalue weighted by molar-refractivity contribution is -0.142. The largest absolute Gasteiger partial charge is 0.481 e. The topological polar surface area (TPSA) is 50.2 Å². The lowest BCUT2D eigenvalue weighted by atomic mass is 9.82. The summed E-state index contributed by atoms with van der Waals surface area (Å²) in [5, 5.41) is 10.2. The van der Waals surface area contributed by atoms with E-state index in [1.54, 1.807) is 11.3 Å². The van der Waals surface area contributed by atoms with Crippen molar-refractivity contribution in [2.24, 2.45) is 5.92 Å². The maximum Gasteiger partial charge on any atom is 0.306 e. The fourth-order valence-electron chi connectivity index (χ4n) is 2.65. The molecule has 1 aliphatic carbocycles. The molecule has 0 radical (unpaired) electrons. The van der Waals surface area contributed by atoms with E-state index in [2.05, 4.69) is 11.1 Å². The van der Waals surface area contributed by atoms with E-state index in [-0.39, 0.29) is 5.92 Å². The van der Waals surface area contributed by atoms with Gasteiger partial charge in [-0.15, -0.1) is 11.3 Å². The highest BCUT2D eigenvalue weighted by atomic mass is 32.1. The number of carbonyl (C=O) groups is 1. The number of carboxylic acids is 1. The van der Waals surface area contributed by atoms with Gasteiger partial charge in [0.25, 0.3) is 0 Å². The zero-order valence-electron chi connectivity index (χ0n) is 10.0. The van der Waals surface area contributed by atoms with E-state index < -0.39 is 5.97 Å². The number of benzene rings is 1. The van der Waals surface area contributed by atoms with E-state index in [0.29, 0.717) is 5.92 Å². The molecule has 18 heavy (non-hydrogen) atoms. The number of hydrogen-bond acceptors (Lipinski definition) is 3. The Hall–Kier alpha value is -1.42. The minimum absolute atomic E-state index is 0.143. The lowest BCUT2D eigenvalue weighted by Gasteiger charge is -2.24. The Kier molecular flexibility index (Phi) is 3.04. The van der Waals surface area contributed by atoms with Crippen molar-refractivity contribution in [2.45, 2.75) is 31.6 Å². The first-order chi connectivity index (χ1) is 8.74. The van der Waals surface area contributed by atoms with Crippen molar-refractivity contribution in [3.8, 4) is 0 Å². The Morgan fingerprint density at radius 1 is 1.22 bits per heavy atom. The predicted molar refractivity (Wildman–Crippen MR) is 72.0 cm³/mol. The van der Waals surface area contributed by atoms with E-state index in [1.807, 2.05) is 18.2 Å². The van der Waals surface area contributed by atoms with E-state index in [9.17, 15) is 4.79 Å². The molecule has 0 spiro atoms. The van der Waals surface area contributed by atoms with Crippen molar-refractivity contribution in [3.63, 3.8) is 0 Å². The van der Waals surface area contributed by atoms with Crippen LogP contribution in [0.4, 0.5) is 0 Å². The minimum Gasteiger partial charge on any atom is -0.481 e. The fraction of sp³-hybridized carbons (Fsp3) is 0.429. The number of thiazole rings is 1. The molecule has 1 fully saturated rings. The average Bonchev–Trinajstić information content (AvgIpc) is 2.82. The maximum atomic E-state index is 10.9. The third-order valence-electron chi connectivity index (χ3n) is 3.74. The first-order valence-electron chi connectivity index (χ1n) is 6.32. The van der Waals surface area contributed by atoms with Gasteiger partial charge in [-0.2, -0.15) is 0 Å². The molecule has 1 aliphatic rings. The van der Waals surface area contributed by atoms with Crippen LogP contribution < -0.4 is 0 Å². The van der Waals surface area contributed by atoms with Gasteiger partial charge >= 0.3 is 5.97 Å². The van der Waals surface area contributed by atoms with Gasteiger partial charge < -0.3 is 5.11 Å². The molecule has 0 aliphatic heterocycles. The lowest BCUT2D eigenvalue weighted by Crippen LogP contribution is -2.20. The van der Waals surface area contributed by atoms with Gasteiger partial charge in [-0.3, -0.25) is 4.79 Å². The summed E-state index contributed by atoms with van der Waals surface area (Å²) in [4.78, 5) is 15.6. The van der Waals surface area contributed by atoms with E-state index in [1.165, 1.54) is 9.71 Å².